The van der Waals surface area contributed by atoms with Crippen molar-refractivity contribution in [1.29, 1.82) is 0 Å². The lowest BCUT2D eigenvalue weighted by molar-refractivity contribution is -0.170. The van der Waals surface area contributed by atoms with E-state index in [1.807, 2.05) is 0 Å². The second-order valence-electron chi connectivity index (χ2n) is 8.49. The lowest BCUT2D eigenvalue weighted by Gasteiger charge is -2.32. The number of benzene rings is 1. The summed E-state index contributed by atoms with van der Waals surface area (Å²) in [6.45, 7) is 3.71. The Labute approximate surface area is 208 Å². The van der Waals surface area contributed by atoms with E-state index in [0.717, 1.165) is 0 Å². The zero-order valence-electron chi connectivity index (χ0n) is 20.0. The SMILES string of the molecule is COc1cc(CNC(=O)c2cc(C3=NO[C@H]([C@H]4CO[C@H](C(C)[SH](=O)=O)CO4)C3)nc(C)n2)ccc1F. The van der Waals surface area contributed by atoms with Crippen LogP contribution in [0.25, 0.3) is 0 Å². The van der Waals surface area contributed by atoms with Gasteiger partial charge in [-0.15, -0.1) is 0 Å². The number of hydrogen-bond acceptors (Lipinski definition) is 10. The first-order valence-electron chi connectivity index (χ1n) is 11.3. The topological polar surface area (TPSA) is 138 Å². The van der Waals surface area contributed by atoms with Crippen molar-refractivity contribution in [1.82, 2.24) is 15.3 Å². The highest BCUT2D eigenvalue weighted by atomic mass is 32.2. The molecule has 1 unspecified atom stereocenters. The molecular formula is C23H27FN4O7S. The number of rotatable bonds is 8. The summed E-state index contributed by atoms with van der Waals surface area (Å²) in [4.78, 5) is 26.9. The number of carbonyl (C=O) groups is 1. The molecular weight excluding hydrogens is 495 g/mol. The van der Waals surface area contributed by atoms with Crippen LogP contribution < -0.4 is 10.1 Å². The molecule has 1 fully saturated rings. The Morgan fingerprint density at radius 3 is 2.72 bits per heavy atom. The van der Waals surface area contributed by atoms with Crippen molar-refractivity contribution in [3.8, 4) is 5.75 Å². The summed E-state index contributed by atoms with van der Waals surface area (Å²) in [6, 6.07) is 5.87. The first kappa shape index (κ1) is 25.9. The maximum absolute atomic E-state index is 13.6. The van der Waals surface area contributed by atoms with Crippen LogP contribution in [-0.2, 0) is 31.6 Å². The number of nitrogens with zero attached hydrogens (tertiary/aromatic N) is 3. The maximum Gasteiger partial charge on any atom is 0.270 e. The van der Waals surface area contributed by atoms with Gasteiger partial charge >= 0.3 is 0 Å². The average molecular weight is 523 g/mol. The third-order valence-corrected chi connectivity index (χ3v) is 6.96. The van der Waals surface area contributed by atoms with Gasteiger partial charge in [0, 0.05) is 13.0 Å². The number of halogens is 1. The number of amides is 1. The highest BCUT2D eigenvalue weighted by Crippen LogP contribution is 2.24. The highest BCUT2D eigenvalue weighted by Gasteiger charge is 2.37. The fourth-order valence-electron chi connectivity index (χ4n) is 3.83. The molecule has 11 nitrogen and oxygen atoms in total. The second kappa shape index (κ2) is 11.3. The molecule has 1 aromatic heterocycles. The van der Waals surface area contributed by atoms with Crippen molar-refractivity contribution >= 4 is 22.3 Å². The predicted octanol–water partition coefficient (Wildman–Crippen LogP) is 1.14. The lowest BCUT2D eigenvalue weighted by atomic mass is 10.0. The van der Waals surface area contributed by atoms with Crippen molar-refractivity contribution in [2.45, 2.75) is 50.4 Å². The Balaban J connectivity index is 1.36. The Morgan fingerprint density at radius 2 is 2.03 bits per heavy atom. The Bertz CT molecular complexity index is 1220. The van der Waals surface area contributed by atoms with E-state index < -0.39 is 46.0 Å². The van der Waals surface area contributed by atoms with E-state index in [4.69, 9.17) is 19.0 Å². The molecule has 194 valence electrons. The monoisotopic (exact) mass is 522 g/mol. The van der Waals surface area contributed by atoms with Crippen LogP contribution >= 0.6 is 0 Å². The third kappa shape index (κ3) is 5.97. The minimum absolute atomic E-state index is 0.0916. The number of aryl methyl sites for hydroxylation is 1. The molecule has 2 aliphatic heterocycles. The molecule has 1 saturated heterocycles. The van der Waals surface area contributed by atoms with E-state index in [9.17, 15) is 17.6 Å². The van der Waals surface area contributed by atoms with Crippen LogP contribution in [0.15, 0.2) is 29.4 Å². The number of ether oxygens (including phenoxy) is 3. The molecule has 0 bridgehead atoms. The van der Waals surface area contributed by atoms with Crippen LogP contribution in [0.4, 0.5) is 4.39 Å². The summed E-state index contributed by atoms with van der Waals surface area (Å²) < 4.78 is 52.4. The molecule has 2 aliphatic rings. The molecule has 0 aliphatic carbocycles. The van der Waals surface area contributed by atoms with Gasteiger partial charge < -0.3 is 24.4 Å². The number of thiol groups is 1. The van der Waals surface area contributed by atoms with Crippen molar-refractivity contribution in [2.75, 3.05) is 20.3 Å². The lowest BCUT2D eigenvalue weighted by Crippen LogP contribution is -2.46. The van der Waals surface area contributed by atoms with Crippen molar-refractivity contribution in [3.05, 3.63) is 52.9 Å². The summed E-state index contributed by atoms with van der Waals surface area (Å²) in [5, 5.41) is 6.23. The van der Waals surface area contributed by atoms with E-state index in [2.05, 4.69) is 20.4 Å². The zero-order chi connectivity index (χ0) is 25.8. The van der Waals surface area contributed by atoms with Crippen molar-refractivity contribution in [2.24, 2.45) is 5.16 Å². The van der Waals surface area contributed by atoms with Crippen molar-refractivity contribution < 1.29 is 36.7 Å². The van der Waals surface area contributed by atoms with Crippen LogP contribution in [0.2, 0.25) is 0 Å². The van der Waals surface area contributed by atoms with E-state index >= 15 is 0 Å². The summed E-state index contributed by atoms with van der Waals surface area (Å²) in [6.07, 6.45) is -1.00. The second-order valence-corrected chi connectivity index (χ2v) is 9.88. The molecule has 0 saturated carbocycles. The quantitative estimate of drug-likeness (QED) is 0.489. The molecule has 2 aromatic rings. The zero-order valence-corrected chi connectivity index (χ0v) is 20.9. The average Bonchev–Trinajstić information content (AvgIpc) is 3.37. The molecule has 1 amide bonds. The first-order valence-corrected chi connectivity index (χ1v) is 12.6. The van der Waals surface area contributed by atoms with Crippen LogP contribution in [0, 0.1) is 12.7 Å². The number of carbonyl (C=O) groups excluding carboxylic acids is 1. The van der Waals surface area contributed by atoms with Gasteiger partial charge in [-0.3, -0.25) is 4.79 Å². The molecule has 1 N–H and O–H groups in total. The van der Waals surface area contributed by atoms with Crippen LogP contribution in [-0.4, -0.2) is 73.9 Å². The van der Waals surface area contributed by atoms with Gasteiger partial charge in [0.05, 0.1) is 37.4 Å². The molecule has 0 spiro atoms. The predicted molar refractivity (Wildman–Crippen MR) is 126 cm³/mol. The fourth-order valence-corrected chi connectivity index (χ4v) is 4.27. The van der Waals surface area contributed by atoms with Gasteiger partial charge in [-0.1, -0.05) is 11.2 Å². The van der Waals surface area contributed by atoms with Crippen molar-refractivity contribution in [3.63, 3.8) is 0 Å². The van der Waals surface area contributed by atoms with E-state index in [1.54, 1.807) is 19.9 Å². The van der Waals surface area contributed by atoms with Gasteiger partial charge in [0.2, 0.25) is 0 Å². The standard InChI is InChI=1S/C23H27FN4O7S/c1-12(36(30)31)21-10-34-22(11-33-21)20-8-17(28-35-20)16-7-18(27-13(2)26-16)23(29)25-9-14-4-5-15(24)19(6-14)32-3/h4-7,12,20-22,36H,8-11H2,1-3H3,(H,25,29)/t12?,20-,21-,22+/m0/s1. The highest BCUT2D eigenvalue weighted by molar-refractivity contribution is 7.73. The maximum atomic E-state index is 13.6. The van der Waals surface area contributed by atoms with Crippen LogP contribution in [0.3, 0.4) is 0 Å². The normalized spacial score (nSPS) is 22.6. The molecule has 3 heterocycles. The Kier molecular flexibility index (Phi) is 8.11. The Hall–Kier alpha value is -3.16. The number of nitrogens with one attached hydrogen (secondary N) is 1. The number of hydrogen-bond donors (Lipinski definition) is 2. The molecule has 1 aromatic carbocycles. The van der Waals surface area contributed by atoms with Gasteiger partial charge in [-0.05, 0) is 37.6 Å². The van der Waals surface area contributed by atoms with Gasteiger partial charge in [0.15, 0.2) is 17.7 Å². The molecule has 13 heteroatoms. The molecule has 36 heavy (non-hydrogen) atoms. The van der Waals surface area contributed by atoms with E-state index in [0.29, 0.717) is 29.2 Å². The molecule has 0 radical (unpaired) electrons. The minimum atomic E-state index is -2.60. The number of oxime groups is 1. The fraction of sp³-hybridized carbons (Fsp3) is 0.478. The third-order valence-electron chi connectivity index (χ3n) is 5.96. The summed E-state index contributed by atoms with van der Waals surface area (Å²) in [5.41, 5.74) is 1.80. The smallest absolute Gasteiger partial charge is 0.270 e. The number of aromatic nitrogens is 2. The number of methoxy groups -OCH3 is 1. The first-order chi connectivity index (χ1) is 17.2. The van der Waals surface area contributed by atoms with E-state index in [1.165, 1.54) is 25.3 Å². The molecule has 4 rings (SSSR count). The Morgan fingerprint density at radius 1 is 1.22 bits per heavy atom. The molecule has 4 atom stereocenters. The van der Waals surface area contributed by atoms with Gasteiger partial charge in [-0.25, -0.2) is 22.8 Å². The largest absolute Gasteiger partial charge is 0.494 e. The van der Waals surface area contributed by atoms with Crippen LogP contribution in [0.5, 0.6) is 5.75 Å². The van der Waals surface area contributed by atoms with E-state index in [-0.39, 0.29) is 31.2 Å². The van der Waals surface area contributed by atoms with Gasteiger partial charge in [0.25, 0.3) is 5.91 Å². The summed E-state index contributed by atoms with van der Waals surface area (Å²) in [7, 11) is -1.23. The summed E-state index contributed by atoms with van der Waals surface area (Å²) >= 11 is 0. The summed E-state index contributed by atoms with van der Waals surface area (Å²) in [5.74, 6) is -0.440. The van der Waals surface area contributed by atoms with Gasteiger partial charge in [0.1, 0.15) is 34.0 Å². The minimum Gasteiger partial charge on any atom is -0.494 e. The van der Waals surface area contributed by atoms with Gasteiger partial charge in [-0.2, -0.15) is 0 Å². The van der Waals surface area contributed by atoms with Crippen LogP contribution in [0.1, 0.15) is 40.9 Å².